The first-order valence-electron chi connectivity index (χ1n) is 8.81. The molecule has 1 aliphatic rings. The van der Waals surface area contributed by atoms with Crippen LogP contribution in [0.3, 0.4) is 0 Å². The maximum atomic E-state index is 12.5. The topological polar surface area (TPSA) is 81.7 Å². The van der Waals surface area contributed by atoms with Gasteiger partial charge in [0.2, 0.25) is 6.10 Å². The van der Waals surface area contributed by atoms with E-state index in [-0.39, 0.29) is 24.3 Å². The zero-order valence-electron chi connectivity index (χ0n) is 15.0. The summed E-state index contributed by atoms with van der Waals surface area (Å²) >= 11 is 0. The Morgan fingerprint density at radius 2 is 1.81 bits per heavy atom. The molecule has 1 saturated carbocycles. The van der Waals surface area contributed by atoms with Crippen LogP contribution in [0.1, 0.15) is 41.8 Å². The summed E-state index contributed by atoms with van der Waals surface area (Å²) in [4.78, 5) is 36.1. The van der Waals surface area contributed by atoms with E-state index in [0.717, 1.165) is 12.8 Å². The highest BCUT2D eigenvalue weighted by Crippen LogP contribution is 2.23. The van der Waals surface area contributed by atoms with Crippen LogP contribution in [0, 0.1) is 0 Å². The average molecular weight is 367 g/mol. The molecular formula is C21H21NO5. The molecule has 1 amide bonds. The predicted octanol–water partition coefficient (Wildman–Crippen LogP) is 2.83. The Labute approximate surface area is 157 Å². The van der Waals surface area contributed by atoms with Crippen molar-refractivity contribution < 1.29 is 23.9 Å². The highest BCUT2D eigenvalue weighted by atomic mass is 16.6. The third-order valence-corrected chi connectivity index (χ3v) is 4.11. The molecule has 2 aromatic carbocycles. The molecule has 6 heteroatoms. The van der Waals surface area contributed by atoms with Crippen LogP contribution in [0.5, 0.6) is 5.75 Å². The number of ether oxygens (including phenoxy) is 2. The number of Topliss-reactive ketones (excluding diaryl/α,β-unsaturated/α-hetero) is 1. The number of ketones is 1. The molecule has 3 rings (SSSR count). The van der Waals surface area contributed by atoms with Crippen molar-refractivity contribution in [2.45, 2.75) is 31.9 Å². The van der Waals surface area contributed by atoms with Crippen LogP contribution >= 0.6 is 0 Å². The molecule has 0 saturated heterocycles. The number of carbonyl (C=O) groups excluding carboxylic acids is 3. The van der Waals surface area contributed by atoms with Crippen LogP contribution in [0.15, 0.2) is 54.6 Å². The van der Waals surface area contributed by atoms with E-state index in [1.54, 1.807) is 48.5 Å². The fraction of sp³-hybridized carbons (Fsp3) is 0.286. The van der Waals surface area contributed by atoms with Gasteiger partial charge in [0.1, 0.15) is 5.75 Å². The van der Waals surface area contributed by atoms with Crippen molar-refractivity contribution in [3.05, 3.63) is 65.7 Å². The van der Waals surface area contributed by atoms with Crippen molar-refractivity contribution in [1.29, 1.82) is 0 Å². The maximum absolute atomic E-state index is 12.5. The molecule has 0 aromatic heterocycles. The summed E-state index contributed by atoms with van der Waals surface area (Å²) in [6.07, 6.45) is 0.861. The molecular weight excluding hydrogens is 346 g/mol. The second-order valence-corrected chi connectivity index (χ2v) is 6.44. The highest BCUT2D eigenvalue weighted by Gasteiger charge is 2.30. The van der Waals surface area contributed by atoms with E-state index in [0.29, 0.717) is 16.9 Å². The summed E-state index contributed by atoms with van der Waals surface area (Å²) in [5.41, 5.74) is 1.09. The molecule has 1 N–H and O–H groups in total. The summed E-state index contributed by atoms with van der Waals surface area (Å²) in [7, 11) is 0. The van der Waals surface area contributed by atoms with Gasteiger partial charge in [0.15, 0.2) is 12.4 Å². The van der Waals surface area contributed by atoms with E-state index >= 15 is 0 Å². The van der Waals surface area contributed by atoms with Crippen molar-refractivity contribution >= 4 is 17.7 Å². The number of esters is 1. The van der Waals surface area contributed by atoms with E-state index in [9.17, 15) is 14.4 Å². The SMILES string of the molecule is CC(=O)c1cccc(OCC(=O)O[C@@H](C(=O)NC2CC2)c2ccccc2)c1. The Balaban J connectivity index is 1.62. The second kappa shape index (κ2) is 8.49. The minimum absolute atomic E-state index is 0.0936. The third-order valence-electron chi connectivity index (χ3n) is 4.11. The Kier molecular flexibility index (Phi) is 5.86. The lowest BCUT2D eigenvalue weighted by Crippen LogP contribution is -2.34. The first-order valence-corrected chi connectivity index (χ1v) is 8.81. The van der Waals surface area contributed by atoms with Gasteiger partial charge in [-0.2, -0.15) is 0 Å². The lowest BCUT2D eigenvalue weighted by molar-refractivity contribution is -0.158. The van der Waals surface area contributed by atoms with E-state index in [1.807, 2.05) is 6.07 Å². The van der Waals surface area contributed by atoms with Crippen LogP contribution < -0.4 is 10.1 Å². The van der Waals surface area contributed by atoms with E-state index in [4.69, 9.17) is 9.47 Å². The summed E-state index contributed by atoms with van der Waals surface area (Å²) in [6.45, 7) is 1.09. The number of amides is 1. The van der Waals surface area contributed by atoms with Gasteiger partial charge in [-0.1, -0.05) is 42.5 Å². The molecule has 1 aliphatic carbocycles. The van der Waals surface area contributed by atoms with Crippen LogP contribution in [0.2, 0.25) is 0 Å². The summed E-state index contributed by atoms with van der Waals surface area (Å²) < 4.78 is 10.8. The molecule has 1 fully saturated rings. The number of hydrogen-bond donors (Lipinski definition) is 1. The average Bonchev–Trinajstić information content (AvgIpc) is 3.49. The number of rotatable bonds is 8. The first-order chi connectivity index (χ1) is 13.0. The van der Waals surface area contributed by atoms with Gasteiger partial charge in [0, 0.05) is 17.2 Å². The first kappa shape index (κ1) is 18.6. The molecule has 140 valence electrons. The zero-order valence-corrected chi connectivity index (χ0v) is 15.0. The van der Waals surface area contributed by atoms with Crippen LogP contribution in [-0.4, -0.2) is 30.3 Å². The van der Waals surface area contributed by atoms with Gasteiger partial charge in [-0.15, -0.1) is 0 Å². The fourth-order valence-electron chi connectivity index (χ4n) is 2.52. The number of hydrogen-bond acceptors (Lipinski definition) is 5. The van der Waals surface area contributed by atoms with Gasteiger partial charge < -0.3 is 14.8 Å². The minimum Gasteiger partial charge on any atom is -0.482 e. The summed E-state index contributed by atoms with van der Waals surface area (Å²) in [6, 6.07) is 15.6. The van der Waals surface area contributed by atoms with Gasteiger partial charge in [0.05, 0.1) is 0 Å². The van der Waals surface area contributed by atoms with Gasteiger partial charge in [0.25, 0.3) is 5.91 Å². The molecule has 0 unspecified atom stereocenters. The zero-order chi connectivity index (χ0) is 19.2. The number of nitrogens with one attached hydrogen (secondary N) is 1. The molecule has 1 atom stereocenters. The summed E-state index contributed by atoms with van der Waals surface area (Å²) in [5.74, 6) is -0.707. The molecule has 0 radical (unpaired) electrons. The highest BCUT2D eigenvalue weighted by molar-refractivity contribution is 5.94. The van der Waals surface area contributed by atoms with E-state index in [1.165, 1.54) is 6.92 Å². The molecule has 2 aromatic rings. The Bertz CT molecular complexity index is 829. The third kappa shape index (κ3) is 5.41. The van der Waals surface area contributed by atoms with Crippen molar-refractivity contribution in [3.63, 3.8) is 0 Å². The Morgan fingerprint density at radius 1 is 1.07 bits per heavy atom. The van der Waals surface area contributed by atoms with Gasteiger partial charge in [-0.3, -0.25) is 9.59 Å². The number of carbonyl (C=O) groups is 3. The standard InChI is InChI=1S/C21H21NO5/c1-14(23)16-8-5-9-18(12-16)26-13-19(24)27-20(15-6-3-2-4-7-15)21(25)22-17-10-11-17/h2-9,12,17,20H,10-11,13H2,1H3,(H,22,25)/t20-/m1/s1. The van der Waals surface area contributed by atoms with Crippen LogP contribution in [-0.2, 0) is 14.3 Å². The van der Waals surface area contributed by atoms with Gasteiger partial charge in [-0.25, -0.2) is 4.79 Å². The number of benzene rings is 2. The largest absolute Gasteiger partial charge is 0.482 e. The molecule has 0 aliphatic heterocycles. The van der Waals surface area contributed by atoms with Crippen LogP contribution in [0.4, 0.5) is 0 Å². The maximum Gasteiger partial charge on any atom is 0.345 e. The van der Waals surface area contributed by atoms with Gasteiger partial charge in [-0.05, 0) is 31.9 Å². The lowest BCUT2D eigenvalue weighted by atomic mass is 10.1. The van der Waals surface area contributed by atoms with Gasteiger partial charge >= 0.3 is 5.97 Å². The van der Waals surface area contributed by atoms with Crippen molar-refractivity contribution in [1.82, 2.24) is 5.32 Å². The monoisotopic (exact) mass is 367 g/mol. The Hall–Kier alpha value is -3.15. The quantitative estimate of drug-likeness (QED) is 0.573. The molecule has 0 spiro atoms. The van der Waals surface area contributed by atoms with E-state index in [2.05, 4.69) is 5.32 Å². The predicted molar refractivity (Wildman–Crippen MR) is 98.4 cm³/mol. The lowest BCUT2D eigenvalue weighted by Gasteiger charge is -2.18. The second-order valence-electron chi connectivity index (χ2n) is 6.44. The minimum atomic E-state index is -1.02. The Morgan fingerprint density at radius 3 is 2.48 bits per heavy atom. The van der Waals surface area contributed by atoms with Crippen LogP contribution in [0.25, 0.3) is 0 Å². The molecule has 0 bridgehead atoms. The van der Waals surface area contributed by atoms with E-state index < -0.39 is 12.1 Å². The molecule has 27 heavy (non-hydrogen) atoms. The molecule has 0 heterocycles. The fourth-order valence-corrected chi connectivity index (χ4v) is 2.52. The normalized spacial score (nSPS) is 14.1. The van der Waals surface area contributed by atoms with Crippen molar-refractivity contribution in [2.75, 3.05) is 6.61 Å². The van der Waals surface area contributed by atoms with Crippen molar-refractivity contribution in [2.24, 2.45) is 0 Å². The molecule has 6 nitrogen and oxygen atoms in total. The smallest absolute Gasteiger partial charge is 0.345 e. The van der Waals surface area contributed by atoms with Crippen molar-refractivity contribution in [3.8, 4) is 5.75 Å². The summed E-state index contributed by atoms with van der Waals surface area (Å²) in [5, 5.41) is 2.86.